The van der Waals surface area contributed by atoms with Crippen LogP contribution in [0.25, 0.3) is 0 Å². The number of hydrogen-bond acceptors (Lipinski definition) is 3. The van der Waals surface area contributed by atoms with Crippen molar-refractivity contribution in [3.8, 4) is 0 Å². The Morgan fingerprint density at radius 3 is 2.67 bits per heavy atom. The molecule has 0 bridgehead atoms. The maximum Gasteiger partial charge on any atom is 0.129 e. The number of pyridine rings is 1. The highest BCUT2D eigenvalue weighted by atomic mass is 35.5. The molecular weight excluding hydrogens is 253 g/mol. The monoisotopic (exact) mass is 265 g/mol. The fourth-order valence-electron chi connectivity index (χ4n) is 1.89. The first-order chi connectivity index (χ1) is 8.61. The minimum atomic E-state index is -0.263. The number of aryl methyl sites for hydroxylation is 1. The molecule has 2 aromatic rings. The number of halogens is 2. The van der Waals surface area contributed by atoms with E-state index in [2.05, 4.69) is 10.4 Å². The van der Waals surface area contributed by atoms with Crippen LogP contribution in [0, 0.1) is 12.7 Å². The zero-order valence-electron chi connectivity index (χ0n) is 9.82. The average Bonchev–Trinajstić information content (AvgIpc) is 2.35. The second-order valence-corrected chi connectivity index (χ2v) is 4.40. The van der Waals surface area contributed by atoms with Crippen LogP contribution in [0.3, 0.4) is 0 Å². The zero-order chi connectivity index (χ0) is 13.1. The minimum Gasteiger partial charge on any atom is -0.271 e. The molecule has 1 unspecified atom stereocenters. The Balaban J connectivity index is 2.41. The summed E-state index contributed by atoms with van der Waals surface area (Å²) < 4.78 is 13.1. The van der Waals surface area contributed by atoms with Gasteiger partial charge in [-0.05, 0) is 41.8 Å². The van der Waals surface area contributed by atoms with Gasteiger partial charge in [0.05, 0.1) is 6.04 Å². The Hall–Kier alpha value is -1.49. The van der Waals surface area contributed by atoms with Gasteiger partial charge >= 0.3 is 0 Å². The zero-order valence-corrected chi connectivity index (χ0v) is 10.6. The van der Waals surface area contributed by atoms with Crippen molar-refractivity contribution in [2.75, 3.05) is 0 Å². The van der Waals surface area contributed by atoms with Crippen molar-refractivity contribution in [3.05, 3.63) is 64.2 Å². The van der Waals surface area contributed by atoms with E-state index in [0.717, 1.165) is 16.7 Å². The maximum atomic E-state index is 13.1. The quantitative estimate of drug-likeness (QED) is 0.510. The van der Waals surface area contributed by atoms with E-state index in [1.807, 2.05) is 13.0 Å². The van der Waals surface area contributed by atoms with E-state index in [-0.39, 0.29) is 11.9 Å². The molecule has 94 valence electrons. The second-order valence-electron chi connectivity index (χ2n) is 4.01. The van der Waals surface area contributed by atoms with E-state index in [1.165, 1.54) is 12.1 Å². The molecule has 0 spiro atoms. The summed E-state index contributed by atoms with van der Waals surface area (Å²) in [5.74, 6) is 5.31. The lowest BCUT2D eigenvalue weighted by atomic mass is 9.96. The number of rotatable bonds is 3. The van der Waals surface area contributed by atoms with Gasteiger partial charge in [-0.2, -0.15) is 0 Å². The van der Waals surface area contributed by atoms with Gasteiger partial charge in [0.25, 0.3) is 0 Å². The SMILES string of the molecule is Cc1cc(F)ccc1C(NN)c1ccc(Cl)nc1. The minimum absolute atomic E-state index is 0.240. The van der Waals surface area contributed by atoms with Gasteiger partial charge in [0, 0.05) is 6.20 Å². The smallest absolute Gasteiger partial charge is 0.129 e. The Kier molecular flexibility index (Phi) is 3.91. The highest BCUT2D eigenvalue weighted by Crippen LogP contribution is 2.24. The largest absolute Gasteiger partial charge is 0.271 e. The summed E-state index contributed by atoms with van der Waals surface area (Å²) in [5, 5.41) is 0.422. The van der Waals surface area contributed by atoms with E-state index in [1.54, 1.807) is 18.3 Å². The molecule has 1 aromatic heterocycles. The van der Waals surface area contributed by atoms with Gasteiger partial charge < -0.3 is 0 Å². The lowest BCUT2D eigenvalue weighted by Gasteiger charge is -2.18. The third-order valence-electron chi connectivity index (χ3n) is 2.79. The van der Waals surface area contributed by atoms with Crippen LogP contribution in [-0.2, 0) is 0 Å². The molecule has 3 N–H and O–H groups in total. The first-order valence-electron chi connectivity index (χ1n) is 5.45. The Morgan fingerprint density at radius 2 is 2.11 bits per heavy atom. The fraction of sp³-hybridized carbons (Fsp3) is 0.154. The first kappa shape index (κ1) is 13.0. The topological polar surface area (TPSA) is 50.9 Å². The molecule has 18 heavy (non-hydrogen) atoms. The van der Waals surface area contributed by atoms with Gasteiger partial charge in [0.15, 0.2) is 0 Å². The molecule has 1 aromatic carbocycles. The number of benzene rings is 1. The summed E-state index contributed by atoms with van der Waals surface area (Å²) in [6.45, 7) is 1.84. The number of nitrogens with zero attached hydrogens (tertiary/aromatic N) is 1. The first-order valence-corrected chi connectivity index (χ1v) is 5.83. The van der Waals surface area contributed by atoms with E-state index < -0.39 is 0 Å². The molecule has 0 fully saturated rings. The summed E-state index contributed by atoms with van der Waals surface area (Å²) in [6.07, 6.45) is 1.65. The lowest BCUT2D eigenvalue weighted by molar-refractivity contribution is 0.611. The molecule has 0 aliphatic rings. The van der Waals surface area contributed by atoms with E-state index in [0.29, 0.717) is 5.15 Å². The molecular formula is C13H13ClFN3. The summed E-state index contributed by atoms with van der Waals surface area (Å²) in [6, 6.07) is 7.89. The third-order valence-corrected chi connectivity index (χ3v) is 3.02. The molecule has 0 radical (unpaired) electrons. The molecule has 5 heteroatoms. The summed E-state index contributed by atoms with van der Waals surface area (Å²) in [7, 11) is 0. The van der Waals surface area contributed by atoms with Crippen molar-refractivity contribution in [2.24, 2.45) is 5.84 Å². The highest BCUT2D eigenvalue weighted by molar-refractivity contribution is 6.29. The van der Waals surface area contributed by atoms with Crippen LogP contribution in [0.1, 0.15) is 22.7 Å². The maximum absolute atomic E-state index is 13.1. The van der Waals surface area contributed by atoms with Crippen molar-refractivity contribution < 1.29 is 4.39 Å². The Morgan fingerprint density at radius 1 is 1.33 bits per heavy atom. The van der Waals surface area contributed by atoms with Crippen molar-refractivity contribution in [1.82, 2.24) is 10.4 Å². The standard InChI is InChI=1S/C13H13ClFN3/c1-8-6-10(15)3-4-11(8)13(18-16)9-2-5-12(14)17-7-9/h2-7,13,18H,16H2,1H3. The molecule has 1 heterocycles. The molecule has 3 nitrogen and oxygen atoms in total. The summed E-state index contributed by atoms with van der Waals surface area (Å²) >= 11 is 5.75. The predicted octanol–water partition coefficient (Wildman–Crippen LogP) is 2.74. The molecule has 2 rings (SSSR count). The Bertz CT molecular complexity index is 542. The van der Waals surface area contributed by atoms with Crippen molar-refractivity contribution in [1.29, 1.82) is 0 Å². The molecule has 0 saturated heterocycles. The van der Waals surface area contributed by atoms with E-state index >= 15 is 0 Å². The number of aromatic nitrogens is 1. The second kappa shape index (κ2) is 5.44. The summed E-state index contributed by atoms with van der Waals surface area (Å²) in [5.41, 5.74) is 5.31. The fourth-order valence-corrected chi connectivity index (χ4v) is 2.00. The average molecular weight is 266 g/mol. The van der Waals surface area contributed by atoms with Crippen LogP contribution in [0.2, 0.25) is 5.15 Å². The van der Waals surface area contributed by atoms with Crippen LogP contribution in [0.5, 0.6) is 0 Å². The van der Waals surface area contributed by atoms with Crippen molar-refractivity contribution in [2.45, 2.75) is 13.0 Å². The van der Waals surface area contributed by atoms with Gasteiger partial charge in [0.1, 0.15) is 11.0 Å². The highest BCUT2D eigenvalue weighted by Gasteiger charge is 2.15. The molecule has 0 aliphatic carbocycles. The molecule has 0 saturated carbocycles. The van der Waals surface area contributed by atoms with Crippen LogP contribution in [0.4, 0.5) is 4.39 Å². The number of hydrazine groups is 1. The van der Waals surface area contributed by atoms with Crippen LogP contribution in [0.15, 0.2) is 36.5 Å². The predicted molar refractivity (Wildman–Crippen MR) is 69.6 cm³/mol. The summed E-state index contributed by atoms with van der Waals surface area (Å²) in [4.78, 5) is 4.02. The van der Waals surface area contributed by atoms with Crippen molar-refractivity contribution >= 4 is 11.6 Å². The van der Waals surface area contributed by atoms with Crippen LogP contribution < -0.4 is 11.3 Å². The molecule has 1 atom stereocenters. The lowest BCUT2D eigenvalue weighted by Crippen LogP contribution is -2.29. The van der Waals surface area contributed by atoms with Crippen LogP contribution in [-0.4, -0.2) is 4.98 Å². The Labute approximate surface area is 110 Å². The van der Waals surface area contributed by atoms with Gasteiger partial charge in [-0.3, -0.25) is 5.84 Å². The van der Waals surface area contributed by atoms with Gasteiger partial charge in [-0.15, -0.1) is 0 Å². The van der Waals surface area contributed by atoms with Gasteiger partial charge in [0.2, 0.25) is 0 Å². The van der Waals surface area contributed by atoms with E-state index in [4.69, 9.17) is 17.4 Å². The van der Waals surface area contributed by atoms with Gasteiger partial charge in [-0.25, -0.2) is 14.8 Å². The van der Waals surface area contributed by atoms with Gasteiger partial charge in [-0.1, -0.05) is 23.7 Å². The number of hydrogen-bond donors (Lipinski definition) is 2. The number of nitrogens with two attached hydrogens (primary N) is 1. The third kappa shape index (κ3) is 2.67. The molecule has 0 aliphatic heterocycles. The number of nitrogens with one attached hydrogen (secondary N) is 1. The van der Waals surface area contributed by atoms with Crippen molar-refractivity contribution in [3.63, 3.8) is 0 Å². The van der Waals surface area contributed by atoms with Crippen LogP contribution >= 0.6 is 11.6 Å². The molecule has 0 amide bonds. The van der Waals surface area contributed by atoms with E-state index in [9.17, 15) is 4.39 Å². The normalized spacial score (nSPS) is 12.4.